The zero-order valence-corrected chi connectivity index (χ0v) is 15.3. The molecule has 1 fully saturated rings. The molecule has 0 saturated carbocycles. The highest BCUT2D eigenvalue weighted by atomic mass is 79.9. The second-order valence-corrected chi connectivity index (χ2v) is 6.78. The van der Waals surface area contributed by atoms with Crippen LogP contribution in [0, 0.1) is 11.8 Å². The van der Waals surface area contributed by atoms with Gasteiger partial charge < -0.3 is 4.74 Å². The molecule has 1 aliphatic heterocycles. The van der Waals surface area contributed by atoms with Crippen LogP contribution in [0.15, 0.2) is 47.1 Å². The third kappa shape index (κ3) is 5.45. The Hall–Kier alpha value is -1.67. The van der Waals surface area contributed by atoms with E-state index in [0.29, 0.717) is 0 Å². The van der Waals surface area contributed by atoms with Gasteiger partial charge in [0, 0.05) is 36.7 Å². The Kier molecular flexibility index (Phi) is 6.42. The highest BCUT2D eigenvalue weighted by molar-refractivity contribution is 9.10. The van der Waals surface area contributed by atoms with Gasteiger partial charge in [0.2, 0.25) is 0 Å². The highest BCUT2D eigenvalue weighted by Crippen LogP contribution is 2.11. The lowest BCUT2D eigenvalue weighted by Crippen LogP contribution is -2.35. The van der Waals surface area contributed by atoms with Gasteiger partial charge in [-0.3, -0.25) is 4.90 Å². The van der Waals surface area contributed by atoms with E-state index in [-0.39, 0.29) is 0 Å². The van der Waals surface area contributed by atoms with Crippen molar-refractivity contribution < 1.29 is 4.74 Å². The third-order valence-corrected chi connectivity index (χ3v) is 4.48. The minimum Gasteiger partial charge on any atom is -0.379 e. The number of rotatable bonds is 4. The van der Waals surface area contributed by atoms with Crippen LogP contribution in [0.25, 0.3) is 0 Å². The van der Waals surface area contributed by atoms with Gasteiger partial charge in [0.1, 0.15) is 5.69 Å². The first-order chi connectivity index (χ1) is 11.8. The van der Waals surface area contributed by atoms with Gasteiger partial charge in [-0.2, -0.15) is 0 Å². The van der Waals surface area contributed by atoms with E-state index in [9.17, 15) is 0 Å². The Labute approximate surface area is 152 Å². The quantitative estimate of drug-likeness (QED) is 0.752. The van der Waals surface area contributed by atoms with Crippen LogP contribution in [0.1, 0.15) is 23.2 Å². The summed E-state index contributed by atoms with van der Waals surface area (Å²) in [5, 5.41) is 0. The highest BCUT2D eigenvalue weighted by Gasteiger charge is 2.10. The van der Waals surface area contributed by atoms with Crippen molar-refractivity contribution in [1.29, 1.82) is 0 Å². The first kappa shape index (κ1) is 17.2. The number of aryl methyl sites for hydroxylation is 1. The van der Waals surface area contributed by atoms with Crippen LogP contribution in [-0.2, 0) is 17.7 Å². The van der Waals surface area contributed by atoms with Crippen LogP contribution in [0.2, 0.25) is 0 Å². The average Bonchev–Trinajstić information content (AvgIpc) is 2.62. The van der Waals surface area contributed by atoms with E-state index >= 15 is 0 Å². The van der Waals surface area contributed by atoms with Gasteiger partial charge in [0.15, 0.2) is 0 Å². The summed E-state index contributed by atoms with van der Waals surface area (Å²) in [4.78, 5) is 6.70. The molecule has 2 aromatic rings. The number of hydrogen-bond donors (Lipinski definition) is 0. The van der Waals surface area contributed by atoms with E-state index in [1.807, 2.05) is 12.1 Å². The van der Waals surface area contributed by atoms with Gasteiger partial charge in [0.05, 0.1) is 13.2 Å². The molecule has 1 aromatic heterocycles. The molecule has 2 heterocycles. The molecule has 0 aliphatic carbocycles. The molecule has 0 amide bonds. The molecule has 0 atom stereocenters. The lowest BCUT2D eigenvalue weighted by Gasteiger charge is -2.26. The van der Waals surface area contributed by atoms with Crippen molar-refractivity contribution >= 4 is 15.9 Å². The normalized spacial score (nSPS) is 14.9. The van der Waals surface area contributed by atoms with Crippen LogP contribution in [0.3, 0.4) is 0 Å². The van der Waals surface area contributed by atoms with Crippen LogP contribution >= 0.6 is 15.9 Å². The van der Waals surface area contributed by atoms with Gasteiger partial charge in [-0.05, 0) is 51.5 Å². The molecular formula is C20H21BrN2O. The molecule has 0 radical (unpaired) electrons. The number of morpholine rings is 1. The number of hydrogen-bond acceptors (Lipinski definition) is 3. The third-order valence-electron chi connectivity index (χ3n) is 4.02. The number of nitrogens with zero attached hydrogens (tertiary/aromatic N) is 2. The van der Waals surface area contributed by atoms with Crippen molar-refractivity contribution in [1.82, 2.24) is 9.88 Å². The molecule has 0 bridgehead atoms. The van der Waals surface area contributed by atoms with Gasteiger partial charge in [0.25, 0.3) is 0 Å². The van der Waals surface area contributed by atoms with E-state index in [1.165, 1.54) is 11.1 Å². The molecule has 1 aromatic carbocycles. The minimum atomic E-state index is 0.819. The fraction of sp³-hybridized carbons (Fsp3) is 0.350. The Morgan fingerprint density at radius 1 is 1.04 bits per heavy atom. The van der Waals surface area contributed by atoms with E-state index in [1.54, 1.807) is 6.20 Å². The summed E-state index contributed by atoms with van der Waals surface area (Å²) in [7, 11) is 0. The predicted octanol–water partition coefficient (Wildman–Crippen LogP) is 3.66. The Morgan fingerprint density at radius 3 is 2.50 bits per heavy atom. The van der Waals surface area contributed by atoms with E-state index in [0.717, 1.165) is 55.9 Å². The zero-order valence-electron chi connectivity index (χ0n) is 13.7. The Bertz CT molecular complexity index is 695. The first-order valence-electron chi connectivity index (χ1n) is 8.28. The summed E-state index contributed by atoms with van der Waals surface area (Å²) >= 11 is 3.37. The molecular weight excluding hydrogens is 364 g/mol. The number of halogens is 1. The monoisotopic (exact) mass is 384 g/mol. The van der Waals surface area contributed by atoms with Crippen molar-refractivity contribution in [2.45, 2.75) is 19.4 Å². The number of aromatic nitrogens is 1. The van der Waals surface area contributed by atoms with Crippen molar-refractivity contribution in [3.63, 3.8) is 0 Å². The summed E-state index contributed by atoms with van der Waals surface area (Å²) in [6, 6.07) is 12.8. The second kappa shape index (κ2) is 8.98. The zero-order chi connectivity index (χ0) is 16.6. The van der Waals surface area contributed by atoms with E-state index in [4.69, 9.17) is 4.74 Å². The maximum atomic E-state index is 5.39. The summed E-state index contributed by atoms with van der Waals surface area (Å²) in [5.74, 6) is 6.31. The largest absolute Gasteiger partial charge is 0.379 e. The lowest BCUT2D eigenvalue weighted by molar-refractivity contribution is 0.0342. The molecule has 124 valence electrons. The fourth-order valence-electron chi connectivity index (χ4n) is 2.64. The molecule has 3 nitrogen and oxygen atoms in total. The van der Waals surface area contributed by atoms with Crippen molar-refractivity contribution in [2.24, 2.45) is 0 Å². The molecule has 0 N–H and O–H groups in total. The number of pyridine rings is 1. The molecule has 0 unspecified atom stereocenters. The molecule has 4 heteroatoms. The lowest BCUT2D eigenvalue weighted by atomic mass is 10.1. The maximum Gasteiger partial charge on any atom is 0.113 e. The smallest absolute Gasteiger partial charge is 0.113 e. The van der Waals surface area contributed by atoms with Gasteiger partial charge in [-0.25, -0.2) is 4.98 Å². The molecule has 24 heavy (non-hydrogen) atoms. The van der Waals surface area contributed by atoms with Gasteiger partial charge in [-0.15, -0.1) is 0 Å². The Morgan fingerprint density at radius 2 is 1.79 bits per heavy atom. The van der Waals surface area contributed by atoms with Crippen LogP contribution in [-0.4, -0.2) is 36.2 Å². The molecule has 0 spiro atoms. The molecule has 1 saturated heterocycles. The summed E-state index contributed by atoms with van der Waals surface area (Å²) in [5.41, 5.74) is 3.52. The SMILES string of the molecule is Brc1ccc(C#CCCc2ccc(CN3CCOCC3)cc2)nc1. The first-order valence-corrected chi connectivity index (χ1v) is 9.07. The topological polar surface area (TPSA) is 25.4 Å². The van der Waals surface area contributed by atoms with E-state index in [2.05, 4.69) is 61.9 Å². The van der Waals surface area contributed by atoms with Crippen molar-refractivity contribution in [3.8, 4) is 11.8 Å². The average molecular weight is 385 g/mol. The molecule has 3 rings (SSSR count). The number of benzene rings is 1. The van der Waals surface area contributed by atoms with Crippen LogP contribution < -0.4 is 0 Å². The summed E-state index contributed by atoms with van der Waals surface area (Å²) in [6.07, 6.45) is 3.60. The van der Waals surface area contributed by atoms with Gasteiger partial charge >= 0.3 is 0 Å². The minimum absolute atomic E-state index is 0.819. The van der Waals surface area contributed by atoms with Crippen molar-refractivity contribution in [3.05, 3.63) is 63.9 Å². The second-order valence-electron chi connectivity index (χ2n) is 5.87. The van der Waals surface area contributed by atoms with E-state index < -0.39 is 0 Å². The van der Waals surface area contributed by atoms with Crippen molar-refractivity contribution in [2.75, 3.05) is 26.3 Å². The fourth-order valence-corrected chi connectivity index (χ4v) is 2.87. The Balaban J connectivity index is 1.47. The van der Waals surface area contributed by atoms with Crippen LogP contribution in [0.5, 0.6) is 0 Å². The standard InChI is InChI=1S/C20H21BrN2O/c21-19-9-10-20(22-15-19)4-2-1-3-17-5-7-18(8-6-17)16-23-11-13-24-14-12-23/h5-10,15H,1,3,11-14,16H2. The summed E-state index contributed by atoms with van der Waals surface area (Å²) < 4.78 is 6.36. The van der Waals surface area contributed by atoms with Gasteiger partial charge in [-0.1, -0.05) is 30.2 Å². The number of ether oxygens (including phenoxy) is 1. The molecule has 1 aliphatic rings. The predicted molar refractivity (Wildman–Crippen MR) is 99.7 cm³/mol. The summed E-state index contributed by atoms with van der Waals surface area (Å²) in [6.45, 7) is 4.77. The maximum absolute atomic E-state index is 5.39. The van der Waals surface area contributed by atoms with Crippen LogP contribution in [0.4, 0.5) is 0 Å².